The van der Waals surface area contributed by atoms with E-state index in [9.17, 15) is 45.3 Å². The lowest BCUT2D eigenvalue weighted by Gasteiger charge is -2.66. The molecule has 484 valence electrons. The topological polar surface area (TPSA) is 305 Å². The summed E-state index contributed by atoms with van der Waals surface area (Å²) in [7, 11) is 4.68. The average Bonchev–Trinajstić information content (AvgIpc) is 1.38. The molecule has 86 heavy (non-hydrogen) atoms. The van der Waals surface area contributed by atoms with E-state index in [1.807, 2.05) is 51.1 Å². The third-order valence-electron chi connectivity index (χ3n) is 21.2. The van der Waals surface area contributed by atoms with Crippen LogP contribution in [0, 0.1) is 22.7 Å². The number of aliphatic hydroxyl groups is 7. The molecule has 0 bridgehead atoms. The molecule has 0 amide bonds. The summed E-state index contributed by atoms with van der Waals surface area (Å²) in [5, 5.41) is 78.5. The lowest BCUT2D eigenvalue weighted by Crippen LogP contribution is -2.75. The van der Waals surface area contributed by atoms with Gasteiger partial charge in [-0.25, -0.2) is 4.79 Å². The Balaban J connectivity index is 0.710. The Kier molecular flexibility index (Phi) is 20.5. The molecule has 5 saturated heterocycles. The SMILES string of the molecule is CO[C@H]1C[C@H](O[C@H]2CC[C@@]3(C)C(=CC[C@]4(O)[C@@H]3C[C@@H](OC(=O)C=Cc3ccccc3)[C@]3(C)[C@H](C(C)=O)CC[C@@]34O)C2)O[C@H](C)[C@H]1O[C@H]1C[C@H](O)[C@H](O[C@H]2C[C@H](OC)[C@H](O[C@H]3C[C@@H](OC)[C@H](O[C@@H]4O[C@H](CO)[C@@H](O)[C@H](O)[C@H]4O)[C@@H](C)O3)[C@@H](C)O2)[C@@H](C)O1. The lowest BCUT2D eigenvalue weighted by atomic mass is 9.43. The summed E-state index contributed by atoms with van der Waals surface area (Å²) < 4.78 is 87.5. The molecular weight excluding hydrogens is 1120 g/mol. The highest BCUT2D eigenvalue weighted by molar-refractivity contribution is 5.87. The fourth-order valence-corrected chi connectivity index (χ4v) is 16.4. The van der Waals surface area contributed by atoms with Crippen LogP contribution in [0.25, 0.3) is 6.08 Å². The predicted octanol–water partition coefficient (Wildman–Crippen LogP) is 3.29. The van der Waals surface area contributed by atoms with Crippen LogP contribution in [0.3, 0.4) is 0 Å². The molecule has 7 N–H and O–H groups in total. The Hall–Kier alpha value is -2.96. The van der Waals surface area contributed by atoms with Crippen LogP contribution in [0.2, 0.25) is 0 Å². The van der Waals surface area contributed by atoms with Crippen molar-refractivity contribution in [2.24, 2.45) is 22.7 Å². The van der Waals surface area contributed by atoms with Crippen LogP contribution in [0.1, 0.15) is 125 Å². The van der Waals surface area contributed by atoms with E-state index in [1.54, 1.807) is 34.1 Å². The Bertz CT molecular complexity index is 2510. The van der Waals surface area contributed by atoms with Gasteiger partial charge in [-0.2, -0.15) is 0 Å². The summed E-state index contributed by atoms with van der Waals surface area (Å²) in [5.41, 5.74) is -3.15. The number of rotatable bonds is 18. The molecule has 3 saturated carbocycles. The molecule has 5 aliphatic heterocycles. The minimum absolute atomic E-state index is 0.0871. The first-order chi connectivity index (χ1) is 40.9. The average molecular weight is 1220 g/mol. The first-order valence-electron chi connectivity index (χ1n) is 30.9. The largest absolute Gasteiger partial charge is 0.458 e. The second-order valence-electron chi connectivity index (χ2n) is 26.1. The summed E-state index contributed by atoms with van der Waals surface area (Å²) in [6.45, 7) is 12.1. The van der Waals surface area contributed by atoms with Crippen LogP contribution in [0.5, 0.6) is 0 Å². The molecule has 0 radical (unpaired) electrons. The first kappa shape index (κ1) is 66.0. The third kappa shape index (κ3) is 12.5. The van der Waals surface area contributed by atoms with E-state index in [0.29, 0.717) is 32.1 Å². The van der Waals surface area contributed by atoms with Gasteiger partial charge in [0.1, 0.15) is 71.9 Å². The van der Waals surface area contributed by atoms with Crippen molar-refractivity contribution in [3.8, 4) is 0 Å². The van der Waals surface area contributed by atoms with Crippen LogP contribution < -0.4 is 0 Å². The summed E-state index contributed by atoms with van der Waals surface area (Å²) >= 11 is 0. The second kappa shape index (κ2) is 26.7. The molecule has 23 heteroatoms. The number of methoxy groups -OCH3 is 3. The van der Waals surface area contributed by atoms with Crippen molar-refractivity contribution >= 4 is 17.8 Å². The summed E-state index contributed by atoms with van der Waals surface area (Å²) in [5.74, 6) is -1.77. The van der Waals surface area contributed by atoms with Gasteiger partial charge in [-0.3, -0.25) is 4.79 Å². The molecule has 0 unspecified atom stereocenters. The molecule has 1 aromatic rings. The van der Waals surface area contributed by atoms with Gasteiger partial charge in [0.05, 0.1) is 61.5 Å². The molecular formula is C63H94O23. The summed E-state index contributed by atoms with van der Waals surface area (Å²) in [6, 6.07) is 9.42. The molecule has 10 rings (SSSR count). The second-order valence-corrected chi connectivity index (χ2v) is 26.1. The zero-order chi connectivity index (χ0) is 61.8. The van der Waals surface area contributed by atoms with Crippen LogP contribution in [-0.2, 0) is 75.9 Å². The summed E-state index contributed by atoms with van der Waals surface area (Å²) in [4.78, 5) is 26.9. The minimum Gasteiger partial charge on any atom is -0.458 e. The highest BCUT2D eigenvalue weighted by Gasteiger charge is 2.77. The molecule has 4 aliphatic carbocycles. The molecule has 9 aliphatic rings. The van der Waals surface area contributed by atoms with Crippen molar-refractivity contribution in [1.82, 2.24) is 0 Å². The standard InChI is InChI=1S/C63H94O23/c1-31(65)39-20-23-63(72)61(39,7)46(82-47(67)17-16-36-14-12-11-13-15-36)29-45-60(6)21-19-38(24-37(60)18-22-62(45,63)71)80-49-26-41(73-8)56(33(3)77-49)84-48-25-40(66)55(32(2)76-48)83-50-27-42(74-9)57(34(4)78-50)85-51-28-43(75-10)58(35(5)79-51)86-59-54(70)53(69)52(68)44(30-64)81-59/h11-18,32-35,38-46,48-59,64,66,68-72H,19-30H2,1-10H3/t32-,33-,34-,35-,38+,39+,40+,41+,42+,43-,44-,45-,46-,48+,49+,50+,51+,52-,53+,54-,55-,56-,57-,58-,59+,60+,61+,62+,63-/m1/s1. The van der Waals surface area contributed by atoms with Crippen molar-refractivity contribution in [1.29, 1.82) is 0 Å². The van der Waals surface area contributed by atoms with Gasteiger partial charge in [0, 0.05) is 70.3 Å². The number of aliphatic hydroxyl groups excluding tert-OH is 5. The number of benzene rings is 1. The molecule has 8 fully saturated rings. The smallest absolute Gasteiger partial charge is 0.331 e. The fraction of sp³-hybridized carbons (Fsp3) is 0.810. The van der Waals surface area contributed by atoms with Gasteiger partial charge >= 0.3 is 5.97 Å². The Morgan fingerprint density at radius 3 is 1.73 bits per heavy atom. The number of ether oxygens (including phenoxy) is 14. The van der Waals surface area contributed by atoms with Gasteiger partial charge in [0.25, 0.3) is 0 Å². The van der Waals surface area contributed by atoms with Crippen molar-refractivity contribution in [2.75, 3.05) is 27.9 Å². The number of hydrogen-bond acceptors (Lipinski definition) is 23. The molecule has 23 nitrogen and oxygen atoms in total. The van der Waals surface area contributed by atoms with Crippen LogP contribution in [0.4, 0.5) is 0 Å². The molecule has 0 spiro atoms. The summed E-state index contributed by atoms with van der Waals surface area (Å²) in [6.07, 6.45) is -10.2. The first-order valence-corrected chi connectivity index (χ1v) is 30.9. The number of carbonyl (C=O) groups is 2. The van der Waals surface area contributed by atoms with Gasteiger partial charge in [-0.15, -0.1) is 0 Å². The number of hydrogen-bond donors (Lipinski definition) is 7. The van der Waals surface area contributed by atoms with E-state index in [1.165, 1.54) is 20.1 Å². The normalized spacial score (nSPS) is 48.8. The van der Waals surface area contributed by atoms with E-state index in [-0.39, 0.29) is 50.4 Å². The molecule has 5 heterocycles. The van der Waals surface area contributed by atoms with Gasteiger partial charge in [0.15, 0.2) is 31.5 Å². The number of fused-ring (bicyclic) bond motifs is 5. The van der Waals surface area contributed by atoms with Gasteiger partial charge in [0.2, 0.25) is 0 Å². The van der Waals surface area contributed by atoms with Crippen LogP contribution in [0.15, 0.2) is 48.1 Å². The van der Waals surface area contributed by atoms with Gasteiger partial charge in [-0.1, -0.05) is 55.8 Å². The van der Waals surface area contributed by atoms with E-state index >= 15 is 0 Å². The van der Waals surface area contributed by atoms with Crippen molar-refractivity contribution in [2.45, 2.75) is 272 Å². The number of ketones is 1. The van der Waals surface area contributed by atoms with Gasteiger partial charge in [-0.05, 0) is 96.6 Å². The van der Waals surface area contributed by atoms with Gasteiger partial charge < -0.3 is 102 Å². The van der Waals surface area contributed by atoms with Crippen LogP contribution in [-0.4, -0.2) is 228 Å². The Labute approximate surface area is 503 Å². The molecule has 29 atom stereocenters. The predicted molar refractivity (Wildman–Crippen MR) is 302 cm³/mol. The monoisotopic (exact) mass is 1220 g/mol. The minimum atomic E-state index is -1.71. The van der Waals surface area contributed by atoms with E-state index in [0.717, 1.165) is 11.1 Å². The Morgan fingerprint density at radius 1 is 0.651 bits per heavy atom. The fourth-order valence-electron chi connectivity index (χ4n) is 16.4. The van der Waals surface area contributed by atoms with Crippen molar-refractivity contribution in [3.63, 3.8) is 0 Å². The lowest BCUT2D eigenvalue weighted by molar-refractivity contribution is -0.358. The highest BCUT2D eigenvalue weighted by Crippen LogP contribution is 2.70. The zero-order valence-electron chi connectivity index (χ0n) is 51.2. The van der Waals surface area contributed by atoms with E-state index < -0.39 is 182 Å². The zero-order valence-corrected chi connectivity index (χ0v) is 51.2. The number of carbonyl (C=O) groups excluding carboxylic acids is 2. The van der Waals surface area contributed by atoms with Crippen LogP contribution >= 0.6 is 0 Å². The molecule has 1 aromatic carbocycles. The van der Waals surface area contributed by atoms with E-state index in [2.05, 4.69) is 13.0 Å². The maximum Gasteiger partial charge on any atom is 0.331 e. The van der Waals surface area contributed by atoms with Crippen molar-refractivity contribution < 1.29 is 112 Å². The maximum absolute atomic E-state index is 13.6. The quantitative estimate of drug-likeness (QED) is 0.0630. The highest BCUT2D eigenvalue weighted by atomic mass is 16.8. The number of Topliss-reactive ketones (excluding diaryl/α,β-unsaturated/α-hetero) is 1. The third-order valence-corrected chi connectivity index (χ3v) is 21.2. The van der Waals surface area contributed by atoms with E-state index in [4.69, 9.17) is 66.3 Å². The molecule has 0 aromatic heterocycles. The maximum atomic E-state index is 13.6. The Morgan fingerprint density at radius 2 is 1.19 bits per heavy atom. The van der Waals surface area contributed by atoms with Crippen molar-refractivity contribution in [3.05, 3.63) is 53.6 Å². The number of esters is 1.